The number of para-hydroxylation sites is 1. The van der Waals surface area contributed by atoms with Gasteiger partial charge in [0.2, 0.25) is 5.95 Å². The fraction of sp³-hybridized carbons (Fsp3) is 0.429. The summed E-state index contributed by atoms with van der Waals surface area (Å²) in [5.74, 6) is 0.684. The lowest BCUT2D eigenvalue weighted by Crippen LogP contribution is -2.08. The molecule has 4 nitrogen and oxygen atoms in total. The van der Waals surface area contributed by atoms with Gasteiger partial charge in [-0.1, -0.05) is 25.1 Å². The molecule has 0 aliphatic heterocycles. The van der Waals surface area contributed by atoms with Crippen LogP contribution in [0.4, 0.5) is 5.95 Å². The first-order valence-electron chi connectivity index (χ1n) is 6.43. The monoisotopic (exact) mass is 245 g/mol. The molecule has 4 heteroatoms. The number of aromatic nitrogens is 2. The van der Waals surface area contributed by atoms with E-state index in [0.717, 1.165) is 43.5 Å². The molecule has 0 radical (unpaired) electrons. The lowest BCUT2D eigenvalue weighted by atomic mass is 10.2. The molecule has 0 fully saturated rings. The Morgan fingerprint density at radius 3 is 3.00 bits per heavy atom. The highest BCUT2D eigenvalue weighted by Gasteiger charge is 1.98. The Hall–Kier alpha value is -1.68. The Bertz CT molecular complexity index is 487. The Morgan fingerprint density at radius 2 is 2.11 bits per heavy atom. The SMILES string of the molecule is CCCOCCCNc1ncc2ccccc2n1. The van der Waals surface area contributed by atoms with Crippen molar-refractivity contribution >= 4 is 16.9 Å². The van der Waals surface area contributed by atoms with Gasteiger partial charge in [0.05, 0.1) is 5.52 Å². The molecule has 0 saturated heterocycles. The predicted octanol–water partition coefficient (Wildman–Crippen LogP) is 2.86. The molecule has 1 N–H and O–H groups in total. The smallest absolute Gasteiger partial charge is 0.223 e. The van der Waals surface area contributed by atoms with Crippen LogP contribution in [0.25, 0.3) is 10.9 Å². The Morgan fingerprint density at radius 1 is 1.22 bits per heavy atom. The van der Waals surface area contributed by atoms with Crippen LogP contribution >= 0.6 is 0 Å². The van der Waals surface area contributed by atoms with Crippen LogP contribution in [0.5, 0.6) is 0 Å². The van der Waals surface area contributed by atoms with Gasteiger partial charge in [-0.15, -0.1) is 0 Å². The summed E-state index contributed by atoms with van der Waals surface area (Å²) in [4.78, 5) is 8.72. The first kappa shape index (κ1) is 12.8. The van der Waals surface area contributed by atoms with Gasteiger partial charge in [0, 0.05) is 31.3 Å². The maximum absolute atomic E-state index is 5.41. The van der Waals surface area contributed by atoms with E-state index in [9.17, 15) is 0 Å². The molecule has 0 spiro atoms. The highest BCUT2D eigenvalue weighted by Crippen LogP contribution is 2.11. The summed E-state index contributed by atoms with van der Waals surface area (Å²) >= 11 is 0. The minimum Gasteiger partial charge on any atom is -0.381 e. The molecule has 0 aliphatic carbocycles. The van der Waals surface area contributed by atoms with Gasteiger partial charge in [-0.2, -0.15) is 0 Å². The van der Waals surface area contributed by atoms with Gasteiger partial charge in [0.25, 0.3) is 0 Å². The van der Waals surface area contributed by atoms with E-state index in [-0.39, 0.29) is 0 Å². The lowest BCUT2D eigenvalue weighted by molar-refractivity contribution is 0.134. The van der Waals surface area contributed by atoms with Crippen LogP contribution in [0.3, 0.4) is 0 Å². The molecular weight excluding hydrogens is 226 g/mol. The van der Waals surface area contributed by atoms with Crippen molar-refractivity contribution < 1.29 is 4.74 Å². The van der Waals surface area contributed by atoms with Crippen LogP contribution in [0, 0.1) is 0 Å². The second kappa shape index (κ2) is 6.91. The minimum absolute atomic E-state index is 0.684. The Balaban J connectivity index is 1.81. The molecule has 0 saturated carbocycles. The van der Waals surface area contributed by atoms with Gasteiger partial charge in [-0.05, 0) is 18.9 Å². The zero-order valence-corrected chi connectivity index (χ0v) is 10.7. The van der Waals surface area contributed by atoms with Crippen molar-refractivity contribution in [1.29, 1.82) is 0 Å². The second-order valence-corrected chi connectivity index (χ2v) is 4.15. The number of anilines is 1. The van der Waals surface area contributed by atoms with Crippen LogP contribution in [-0.2, 0) is 4.74 Å². The van der Waals surface area contributed by atoms with Crippen molar-refractivity contribution in [1.82, 2.24) is 9.97 Å². The molecule has 1 aromatic heterocycles. The molecule has 1 heterocycles. The first-order valence-corrected chi connectivity index (χ1v) is 6.43. The number of rotatable bonds is 7. The van der Waals surface area contributed by atoms with Gasteiger partial charge in [0.1, 0.15) is 0 Å². The summed E-state index contributed by atoms with van der Waals surface area (Å²) in [6.45, 7) is 4.57. The van der Waals surface area contributed by atoms with E-state index >= 15 is 0 Å². The quantitative estimate of drug-likeness (QED) is 0.762. The molecule has 0 bridgehead atoms. The summed E-state index contributed by atoms with van der Waals surface area (Å²) in [7, 11) is 0. The summed E-state index contributed by atoms with van der Waals surface area (Å²) in [6, 6.07) is 7.98. The number of fused-ring (bicyclic) bond motifs is 1. The zero-order chi connectivity index (χ0) is 12.6. The highest BCUT2D eigenvalue weighted by molar-refractivity contribution is 5.78. The second-order valence-electron chi connectivity index (χ2n) is 4.15. The molecular formula is C14H19N3O. The van der Waals surface area contributed by atoms with Crippen LogP contribution in [-0.4, -0.2) is 29.7 Å². The molecule has 1 aromatic carbocycles. The molecule has 2 aromatic rings. The largest absolute Gasteiger partial charge is 0.381 e. The normalized spacial score (nSPS) is 10.7. The third kappa shape index (κ3) is 3.67. The highest BCUT2D eigenvalue weighted by atomic mass is 16.5. The third-order valence-corrected chi connectivity index (χ3v) is 2.59. The summed E-state index contributed by atoms with van der Waals surface area (Å²) < 4.78 is 5.41. The van der Waals surface area contributed by atoms with Gasteiger partial charge >= 0.3 is 0 Å². The average Bonchev–Trinajstić information content (AvgIpc) is 2.42. The zero-order valence-electron chi connectivity index (χ0n) is 10.7. The van der Waals surface area contributed by atoms with E-state index in [4.69, 9.17) is 4.74 Å². The van der Waals surface area contributed by atoms with Gasteiger partial charge in [-0.25, -0.2) is 9.97 Å². The van der Waals surface area contributed by atoms with Gasteiger partial charge < -0.3 is 10.1 Å². The number of hydrogen-bond donors (Lipinski definition) is 1. The van der Waals surface area contributed by atoms with Crippen LogP contribution in [0.1, 0.15) is 19.8 Å². The van der Waals surface area contributed by atoms with Crippen LogP contribution < -0.4 is 5.32 Å². The fourth-order valence-electron chi connectivity index (χ4n) is 1.68. The first-order chi connectivity index (χ1) is 8.90. The fourth-order valence-corrected chi connectivity index (χ4v) is 1.68. The maximum Gasteiger partial charge on any atom is 0.223 e. The number of ether oxygens (including phenoxy) is 1. The topological polar surface area (TPSA) is 47.0 Å². The van der Waals surface area contributed by atoms with Crippen LogP contribution in [0.2, 0.25) is 0 Å². The maximum atomic E-state index is 5.41. The molecule has 0 amide bonds. The minimum atomic E-state index is 0.684. The van der Waals surface area contributed by atoms with E-state index in [1.165, 1.54) is 0 Å². The number of hydrogen-bond acceptors (Lipinski definition) is 4. The van der Waals surface area contributed by atoms with Gasteiger partial charge in [-0.3, -0.25) is 0 Å². The van der Waals surface area contributed by atoms with Crippen molar-refractivity contribution in [3.63, 3.8) is 0 Å². The van der Waals surface area contributed by atoms with Crippen molar-refractivity contribution in [3.8, 4) is 0 Å². The summed E-state index contributed by atoms with van der Waals surface area (Å²) in [5.41, 5.74) is 0.970. The summed E-state index contributed by atoms with van der Waals surface area (Å²) in [6.07, 6.45) is 3.88. The Kier molecular flexibility index (Phi) is 4.90. The van der Waals surface area contributed by atoms with Crippen molar-refractivity contribution in [2.45, 2.75) is 19.8 Å². The standard InChI is InChI=1S/C14H19N3O/c1-2-9-18-10-5-8-15-14-16-11-12-6-3-4-7-13(12)17-14/h3-4,6-7,11H,2,5,8-10H2,1H3,(H,15,16,17). The molecule has 2 rings (SSSR count). The lowest BCUT2D eigenvalue weighted by Gasteiger charge is -2.06. The molecule has 0 atom stereocenters. The van der Waals surface area contributed by atoms with E-state index in [2.05, 4.69) is 22.2 Å². The van der Waals surface area contributed by atoms with E-state index < -0.39 is 0 Å². The molecule has 0 aliphatic rings. The van der Waals surface area contributed by atoms with E-state index in [1.807, 2.05) is 30.5 Å². The van der Waals surface area contributed by atoms with Crippen molar-refractivity contribution in [3.05, 3.63) is 30.5 Å². The number of benzene rings is 1. The van der Waals surface area contributed by atoms with Gasteiger partial charge in [0.15, 0.2) is 0 Å². The Labute approximate surface area is 107 Å². The predicted molar refractivity (Wildman–Crippen MR) is 73.8 cm³/mol. The number of nitrogens with zero attached hydrogens (tertiary/aromatic N) is 2. The van der Waals surface area contributed by atoms with Crippen molar-refractivity contribution in [2.24, 2.45) is 0 Å². The molecule has 96 valence electrons. The average molecular weight is 245 g/mol. The van der Waals surface area contributed by atoms with Crippen LogP contribution in [0.15, 0.2) is 30.5 Å². The molecule has 18 heavy (non-hydrogen) atoms. The third-order valence-electron chi connectivity index (χ3n) is 2.59. The molecule has 0 unspecified atom stereocenters. The number of nitrogens with one attached hydrogen (secondary N) is 1. The van der Waals surface area contributed by atoms with E-state index in [1.54, 1.807) is 0 Å². The van der Waals surface area contributed by atoms with E-state index in [0.29, 0.717) is 5.95 Å². The summed E-state index contributed by atoms with van der Waals surface area (Å²) in [5, 5.41) is 4.28. The van der Waals surface area contributed by atoms with Crippen molar-refractivity contribution in [2.75, 3.05) is 25.1 Å².